The van der Waals surface area contributed by atoms with Crippen LogP contribution in [0.2, 0.25) is 0 Å². The predicted molar refractivity (Wildman–Crippen MR) is 61.5 cm³/mol. The van der Waals surface area contributed by atoms with Crippen molar-refractivity contribution >= 4 is 26.3 Å². The van der Waals surface area contributed by atoms with E-state index >= 15 is 0 Å². The molecule has 2 rings (SSSR count). The highest BCUT2D eigenvalue weighted by Gasteiger charge is 2.12. The maximum Gasteiger partial charge on any atom is 0.176 e. The first kappa shape index (κ1) is 9.98. The van der Waals surface area contributed by atoms with E-state index in [1.54, 1.807) is 12.1 Å². The lowest BCUT2D eigenvalue weighted by molar-refractivity contribution is 0.603. The molecule has 0 aromatic heterocycles. The van der Waals surface area contributed by atoms with Crippen LogP contribution in [0.4, 0.5) is 5.69 Å². The van der Waals surface area contributed by atoms with Gasteiger partial charge in [0.15, 0.2) is 9.84 Å². The van der Waals surface area contributed by atoms with E-state index in [1.807, 2.05) is 18.2 Å². The number of hydrogen-bond donors (Lipinski definition) is 1. The van der Waals surface area contributed by atoms with Gasteiger partial charge in [-0.1, -0.05) is 24.3 Å². The summed E-state index contributed by atoms with van der Waals surface area (Å²) in [5, 5.41) is 1.56. The van der Waals surface area contributed by atoms with E-state index in [0.29, 0.717) is 11.1 Å². The van der Waals surface area contributed by atoms with E-state index in [-0.39, 0.29) is 4.90 Å². The second-order valence-corrected chi connectivity index (χ2v) is 5.50. The molecule has 3 nitrogen and oxygen atoms in total. The lowest BCUT2D eigenvalue weighted by Crippen LogP contribution is -1.99. The van der Waals surface area contributed by atoms with Crippen molar-refractivity contribution in [3.8, 4) is 0 Å². The van der Waals surface area contributed by atoms with E-state index in [0.717, 1.165) is 5.39 Å². The summed E-state index contributed by atoms with van der Waals surface area (Å²) in [6.07, 6.45) is 1.19. The summed E-state index contributed by atoms with van der Waals surface area (Å²) in [6.45, 7) is 0. The Balaban J connectivity index is 2.96. The lowest BCUT2D eigenvalue weighted by Gasteiger charge is -2.05. The van der Waals surface area contributed by atoms with Crippen molar-refractivity contribution in [3.63, 3.8) is 0 Å². The number of fused-ring (bicyclic) bond motifs is 1. The first-order valence-corrected chi connectivity index (χ1v) is 6.36. The molecule has 78 valence electrons. The minimum atomic E-state index is -3.23. The van der Waals surface area contributed by atoms with E-state index < -0.39 is 9.84 Å². The lowest BCUT2D eigenvalue weighted by atomic mass is 10.1. The molecule has 0 saturated heterocycles. The van der Waals surface area contributed by atoms with Crippen LogP contribution in [0, 0.1) is 0 Å². The minimum absolute atomic E-state index is 0.290. The number of nitrogens with two attached hydrogens (primary N) is 1. The molecule has 0 aliphatic heterocycles. The van der Waals surface area contributed by atoms with Crippen LogP contribution in [-0.4, -0.2) is 14.7 Å². The molecule has 0 aliphatic rings. The first-order chi connectivity index (χ1) is 6.98. The molecule has 0 aliphatic carbocycles. The molecule has 0 spiro atoms. The fourth-order valence-corrected chi connectivity index (χ4v) is 2.54. The average molecular weight is 221 g/mol. The van der Waals surface area contributed by atoms with Gasteiger partial charge in [-0.25, -0.2) is 8.42 Å². The summed E-state index contributed by atoms with van der Waals surface area (Å²) in [6, 6.07) is 10.6. The standard InChI is InChI=1S/C11H11NO2S/c1-15(13,14)11-7-9(12)6-8-4-2-3-5-10(8)11/h2-7H,12H2,1H3. The molecule has 2 aromatic carbocycles. The minimum Gasteiger partial charge on any atom is -0.399 e. The smallest absolute Gasteiger partial charge is 0.176 e. The monoisotopic (exact) mass is 221 g/mol. The molecule has 2 aromatic rings. The van der Waals surface area contributed by atoms with Crippen molar-refractivity contribution in [2.75, 3.05) is 12.0 Å². The van der Waals surface area contributed by atoms with Crippen LogP contribution < -0.4 is 5.73 Å². The molecule has 0 saturated carbocycles. The van der Waals surface area contributed by atoms with Gasteiger partial charge >= 0.3 is 0 Å². The highest BCUT2D eigenvalue weighted by molar-refractivity contribution is 7.91. The molecule has 0 radical (unpaired) electrons. The normalized spacial score (nSPS) is 11.8. The Bertz CT molecular complexity index is 618. The van der Waals surface area contributed by atoms with Crippen LogP contribution in [0.25, 0.3) is 10.8 Å². The van der Waals surface area contributed by atoms with Gasteiger partial charge in [-0.2, -0.15) is 0 Å². The molecule has 0 amide bonds. The molecular formula is C11H11NO2S. The second kappa shape index (κ2) is 3.24. The number of hydrogen-bond acceptors (Lipinski definition) is 3. The second-order valence-electron chi connectivity index (χ2n) is 3.51. The van der Waals surface area contributed by atoms with Crippen LogP contribution >= 0.6 is 0 Å². The zero-order valence-electron chi connectivity index (χ0n) is 8.27. The Hall–Kier alpha value is -1.55. The highest BCUT2D eigenvalue weighted by atomic mass is 32.2. The van der Waals surface area contributed by atoms with Crippen molar-refractivity contribution in [3.05, 3.63) is 36.4 Å². The molecule has 4 heteroatoms. The maximum absolute atomic E-state index is 11.5. The number of nitrogen functional groups attached to an aromatic ring is 1. The Morgan fingerprint density at radius 3 is 2.47 bits per heavy atom. The van der Waals surface area contributed by atoms with Gasteiger partial charge in [-0.15, -0.1) is 0 Å². The van der Waals surface area contributed by atoms with Crippen molar-refractivity contribution in [1.82, 2.24) is 0 Å². The van der Waals surface area contributed by atoms with Crippen molar-refractivity contribution in [2.24, 2.45) is 0 Å². The topological polar surface area (TPSA) is 60.2 Å². The van der Waals surface area contributed by atoms with Crippen LogP contribution in [0.3, 0.4) is 0 Å². The number of rotatable bonds is 1. The van der Waals surface area contributed by atoms with Gasteiger partial charge in [-0.05, 0) is 17.5 Å². The molecule has 0 fully saturated rings. The highest BCUT2D eigenvalue weighted by Crippen LogP contribution is 2.25. The Morgan fingerprint density at radius 1 is 1.13 bits per heavy atom. The zero-order valence-corrected chi connectivity index (χ0v) is 9.08. The summed E-state index contributed by atoms with van der Waals surface area (Å²) in [5.74, 6) is 0. The van der Waals surface area contributed by atoms with Crippen LogP contribution in [0.1, 0.15) is 0 Å². The summed E-state index contributed by atoms with van der Waals surface area (Å²) in [7, 11) is -3.23. The molecule has 0 heterocycles. The maximum atomic E-state index is 11.5. The van der Waals surface area contributed by atoms with Crippen LogP contribution in [-0.2, 0) is 9.84 Å². The molecular weight excluding hydrogens is 210 g/mol. The quantitative estimate of drug-likeness (QED) is 0.747. The summed E-state index contributed by atoms with van der Waals surface area (Å²) in [5.41, 5.74) is 6.12. The number of sulfone groups is 1. The van der Waals surface area contributed by atoms with Gasteiger partial charge in [0, 0.05) is 17.3 Å². The molecule has 0 atom stereocenters. The largest absolute Gasteiger partial charge is 0.399 e. The fraction of sp³-hybridized carbons (Fsp3) is 0.0909. The van der Waals surface area contributed by atoms with Crippen molar-refractivity contribution < 1.29 is 8.42 Å². The fourth-order valence-electron chi connectivity index (χ4n) is 1.60. The predicted octanol–water partition coefficient (Wildman–Crippen LogP) is 1.83. The van der Waals surface area contributed by atoms with Crippen molar-refractivity contribution in [2.45, 2.75) is 4.90 Å². The third kappa shape index (κ3) is 1.80. The van der Waals surface area contributed by atoms with Crippen molar-refractivity contribution in [1.29, 1.82) is 0 Å². The SMILES string of the molecule is CS(=O)(=O)c1cc(N)cc2ccccc12. The van der Waals surface area contributed by atoms with Gasteiger partial charge in [0.05, 0.1) is 4.90 Å². The van der Waals surface area contributed by atoms with Gasteiger partial charge in [0.1, 0.15) is 0 Å². The number of anilines is 1. The van der Waals surface area contributed by atoms with Gasteiger partial charge in [-0.3, -0.25) is 0 Å². The summed E-state index contributed by atoms with van der Waals surface area (Å²) < 4.78 is 23.1. The third-order valence-electron chi connectivity index (χ3n) is 2.25. The molecule has 0 bridgehead atoms. The number of benzene rings is 2. The van der Waals surface area contributed by atoms with Gasteiger partial charge < -0.3 is 5.73 Å². The average Bonchev–Trinajstić information content (AvgIpc) is 2.15. The summed E-state index contributed by atoms with van der Waals surface area (Å²) in [4.78, 5) is 0.290. The Morgan fingerprint density at radius 2 is 1.80 bits per heavy atom. The summed E-state index contributed by atoms with van der Waals surface area (Å²) >= 11 is 0. The molecule has 0 unspecified atom stereocenters. The van der Waals surface area contributed by atoms with E-state index in [1.165, 1.54) is 12.3 Å². The Labute approximate surface area is 88.4 Å². The Kier molecular flexibility index (Phi) is 2.16. The van der Waals surface area contributed by atoms with E-state index in [2.05, 4.69) is 0 Å². The zero-order chi connectivity index (χ0) is 11.1. The van der Waals surface area contributed by atoms with Gasteiger partial charge in [0.2, 0.25) is 0 Å². The molecule has 2 N–H and O–H groups in total. The molecule has 15 heavy (non-hydrogen) atoms. The van der Waals surface area contributed by atoms with Crippen LogP contribution in [0.15, 0.2) is 41.3 Å². The first-order valence-electron chi connectivity index (χ1n) is 4.47. The third-order valence-corrected chi connectivity index (χ3v) is 3.38. The van der Waals surface area contributed by atoms with Gasteiger partial charge in [0.25, 0.3) is 0 Å². The van der Waals surface area contributed by atoms with E-state index in [9.17, 15) is 8.42 Å². The van der Waals surface area contributed by atoms with E-state index in [4.69, 9.17) is 5.73 Å². The van der Waals surface area contributed by atoms with Crippen LogP contribution in [0.5, 0.6) is 0 Å².